The van der Waals surface area contributed by atoms with Crippen LogP contribution in [-0.4, -0.2) is 11.9 Å². The fourth-order valence-electron chi connectivity index (χ4n) is 1.59. The molecular formula is C11H13BrN2O. The van der Waals surface area contributed by atoms with Gasteiger partial charge in [0.2, 0.25) is 5.91 Å². The Labute approximate surface area is 97.4 Å². The van der Waals surface area contributed by atoms with E-state index in [1.165, 1.54) is 0 Å². The summed E-state index contributed by atoms with van der Waals surface area (Å²) in [7, 11) is 0. The van der Waals surface area contributed by atoms with Crippen molar-refractivity contribution < 1.29 is 4.79 Å². The van der Waals surface area contributed by atoms with Crippen LogP contribution in [0.5, 0.6) is 0 Å². The quantitative estimate of drug-likeness (QED) is 0.760. The molecular weight excluding hydrogens is 256 g/mol. The monoisotopic (exact) mass is 268 g/mol. The number of rotatable bonds is 0. The number of halogens is 1. The third-order valence-electron chi connectivity index (χ3n) is 2.79. The Kier molecular flexibility index (Phi) is 2.69. The van der Waals surface area contributed by atoms with Gasteiger partial charge in [-0.2, -0.15) is 0 Å². The molecule has 80 valence electrons. The van der Waals surface area contributed by atoms with Crippen molar-refractivity contribution in [3.63, 3.8) is 0 Å². The Morgan fingerprint density at radius 1 is 1.27 bits per heavy atom. The van der Waals surface area contributed by atoms with Crippen molar-refractivity contribution in [1.82, 2.24) is 0 Å². The van der Waals surface area contributed by atoms with Gasteiger partial charge >= 0.3 is 0 Å². The van der Waals surface area contributed by atoms with E-state index < -0.39 is 0 Å². The predicted octanol–water partition coefficient (Wildman–Crippen LogP) is 2.84. The molecule has 1 amide bonds. The van der Waals surface area contributed by atoms with Crippen molar-refractivity contribution in [1.29, 1.82) is 0 Å². The highest BCUT2D eigenvalue weighted by molar-refractivity contribution is 9.10. The highest BCUT2D eigenvalue weighted by Gasteiger charge is 2.25. The normalized spacial score (nSPS) is 24.9. The zero-order valence-electron chi connectivity index (χ0n) is 8.67. The van der Waals surface area contributed by atoms with Crippen LogP contribution in [0.25, 0.3) is 0 Å². The Balaban J connectivity index is 2.42. The summed E-state index contributed by atoms with van der Waals surface area (Å²) >= 11 is 3.39. The maximum absolute atomic E-state index is 11.7. The summed E-state index contributed by atoms with van der Waals surface area (Å²) in [4.78, 5) is 11.7. The summed E-state index contributed by atoms with van der Waals surface area (Å²) in [5, 5.41) is 6.24. The Morgan fingerprint density at radius 2 is 2.00 bits per heavy atom. The molecule has 1 aromatic carbocycles. The first-order valence-corrected chi connectivity index (χ1v) is 5.74. The van der Waals surface area contributed by atoms with E-state index in [1.807, 2.05) is 32.0 Å². The third kappa shape index (κ3) is 2.00. The molecule has 1 aliphatic rings. The molecule has 2 atom stereocenters. The molecule has 3 nitrogen and oxygen atoms in total. The molecule has 1 aliphatic heterocycles. The van der Waals surface area contributed by atoms with E-state index in [0.29, 0.717) is 0 Å². The van der Waals surface area contributed by atoms with Crippen LogP contribution in [0.3, 0.4) is 0 Å². The van der Waals surface area contributed by atoms with E-state index in [-0.39, 0.29) is 17.9 Å². The van der Waals surface area contributed by atoms with Gasteiger partial charge in [-0.25, -0.2) is 0 Å². The summed E-state index contributed by atoms with van der Waals surface area (Å²) < 4.78 is 0.963. The van der Waals surface area contributed by atoms with Crippen LogP contribution in [0.4, 0.5) is 11.4 Å². The van der Waals surface area contributed by atoms with Crippen LogP contribution in [0, 0.1) is 5.92 Å². The minimum atomic E-state index is -0.0313. The lowest BCUT2D eigenvalue weighted by Gasteiger charge is -2.16. The summed E-state index contributed by atoms with van der Waals surface area (Å²) in [6.45, 7) is 3.94. The van der Waals surface area contributed by atoms with Crippen LogP contribution in [-0.2, 0) is 4.79 Å². The first-order chi connectivity index (χ1) is 7.08. The van der Waals surface area contributed by atoms with Crippen LogP contribution in [0.1, 0.15) is 13.8 Å². The molecule has 15 heavy (non-hydrogen) atoms. The minimum absolute atomic E-state index is 0.0313. The Hall–Kier alpha value is -1.03. The summed E-state index contributed by atoms with van der Waals surface area (Å²) in [6.07, 6.45) is 0. The van der Waals surface area contributed by atoms with Gasteiger partial charge in [-0.1, -0.05) is 22.9 Å². The number of fused-ring (bicyclic) bond motifs is 1. The molecule has 2 unspecified atom stereocenters. The number of carbonyl (C=O) groups is 1. The van der Waals surface area contributed by atoms with Gasteiger partial charge in [-0.3, -0.25) is 4.79 Å². The van der Waals surface area contributed by atoms with Gasteiger partial charge in [0.1, 0.15) is 0 Å². The fourth-order valence-corrected chi connectivity index (χ4v) is 1.95. The molecule has 0 fully saturated rings. The van der Waals surface area contributed by atoms with E-state index in [9.17, 15) is 4.79 Å². The van der Waals surface area contributed by atoms with Gasteiger partial charge in [-0.15, -0.1) is 0 Å². The first kappa shape index (κ1) is 10.5. The summed E-state index contributed by atoms with van der Waals surface area (Å²) in [6, 6.07) is 5.98. The van der Waals surface area contributed by atoms with Crippen LogP contribution in [0.2, 0.25) is 0 Å². The second-order valence-electron chi connectivity index (χ2n) is 3.90. The molecule has 0 aliphatic carbocycles. The standard InChI is InChI=1S/C11H13BrN2O/c1-6-7(2)13-9-4-3-8(12)5-10(9)14-11(6)15/h3-7,13H,1-2H3,(H,14,15). The summed E-state index contributed by atoms with van der Waals surface area (Å²) in [5.41, 5.74) is 1.81. The van der Waals surface area contributed by atoms with Crippen LogP contribution >= 0.6 is 15.9 Å². The zero-order chi connectivity index (χ0) is 11.0. The summed E-state index contributed by atoms with van der Waals surface area (Å²) in [5.74, 6) is 0.0306. The molecule has 4 heteroatoms. The lowest BCUT2D eigenvalue weighted by molar-refractivity contribution is -0.119. The van der Waals surface area contributed by atoms with Gasteiger partial charge < -0.3 is 10.6 Å². The second-order valence-corrected chi connectivity index (χ2v) is 4.82. The number of nitrogens with one attached hydrogen (secondary N) is 2. The lowest BCUT2D eigenvalue weighted by atomic mass is 10.0. The van der Waals surface area contributed by atoms with Crippen molar-refractivity contribution in [3.8, 4) is 0 Å². The number of anilines is 2. The predicted molar refractivity (Wildman–Crippen MR) is 65.0 cm³/mol. The highest BCUT2D eigenvalue weighted by atomic mass is 79.9. The van der Waals surface area contributed by atoms with Crippen molar-refractivity contribution in [2.24, 2.45) is 5.92 Å². The van der Waals surface area contributed by atoms with Crippen molar-refractivity contribution in [3.05, 3.63) is 22.7 Å². The van der Waals surface area contributed by atoms with Crippen LogP contribution in [0.15, 0.2) is 22.7 Å². The number of amides is 1. The first-order valence-electron chi connectivity index (χ1n) is 4.95. The zero-order valence-corrected chi connectivity index (χ0v) is 10.3. The molecule has 0 saturated heterocycles. The highest BCUT2D eigenvalue weighted by Crippen LogP contribution is 2.30. The Morgan fingerprint density at radius 3 is 2.73 bits per heavy atom. The van der Waals surface area contributed by atoms with E-state index in [1.54, 1.807) is 0 Å². The molecule has 1 aromatic rings. The number of benzene rings is 1. The van der Waals surface area contributed by atoms with Crippen molar-refractivity contribution in [2.75, 3.05) is 10.6 Å². The lowest BCUT2D eigenvalue weighted by Crippen LogP contribution is -2.30. The van der Waals surface area contributed by atoms with Gasteiger partial charge in [0, 0.05) is 10.5 Å². The average Bonchev–Trinajstić information content (AvgIpc) is 2.29. The van der Waals surface area contributed by atoms with Gasteiger partial charge in [-0.05, 0) is 25.1 Å². The molecule has 1 heterocycles. The minimum Gasteiger partial charge on any atom is -0.380 e. The van der Waals surface area contributed by atoms with Crippen molar-refractivity contribution >= 4 is 33.2 Å². The largest absolute Gasteiger partial charge is 0.380 e. The van der Waals surface area contributed by atoms with Gasteiger partial charge in [0.15, 0.2) is 0 Å². The molecule has 0 bridgehead atoms. The Bertz CT molecular complexity index is 406. The van der Waals surface area contributed by atoms with Gasteiger partial charge in [0.05, 0.1) is 17.3 Å². The molecule has 2 rings (SSSR count). The smallest absolute Gasteiger partial charge is 0.229 e. The van der Waals surface area contributed by atoms with Crippen LogP contribution < -0.4 is 10.6 Å². The molecule has 2 N–H and O–H groups in total. The number of hydrogen-bond acceptors (Lipinski definition) is 2. The van der Waals surface area contributed by atoms with E-state index in [2.05, 4.69) is 26.6 Å². The maximum atomic E-state index is 11.7. The van der Waals surface area contributed by atoms with E-state index in [4.69, 9.17) is 0 Å². The SMILES string of the molecule is CC1Nc2ccc(Br)cc2NC(=O)C1C. The second kappa shape index (κ2) is 3.85. The fraction of sp³-hybridized carbons (Fsp3) is 0.364. The average molecular weight is 269 g/mol. The third-order valence-corrected chi connectivity index (χ3v) is 3.28. The molecule has 0 saturated carbocycles. The molecule has 0 aromatic heterocycles. The van der Waals surface area contributed by atoms with E-state index >= 15 is 0 Å². The van der Waals surface area contributed by atoms with Gasteiger partial charge in [0.25, 0.3) is 0 Å². The molecule has 0 spiro atoms. The van der Waals surface area contributed by atoms with E-state index in [0.717, 1.165) is 15.8 Å². The topological polar surface area (TPSA) is 41.1 Å². The number of hydrogen-bond donors (Lipinski definition) is 2. The maximum Gasteiger partial charge on any atom is 0.229 e. The molecule has 0 radical (unpaired) electrons. The number of carbonyl (C=O) groups excluding carboxylic acids is 1. The van der Waals surface area contributed by atoms with Crippen molar-refractivity contribution in [2.45, 2.75) is 19.9 Å².